The third-order valence-electron chi connectivity index (χ3n) is 10.3. The van der Waals surface area contributed by atoms with Gasteiger partial charge < -0.3 is 25.8 Å². The molecule has 240 valence electrons. The Hall–Kier alpha value is -3.55. The number of hydrogen-bond donors (Lipinski definition) is 3. The predicted octanol–water partition coefficient (Wildman–Crippen LogP) is 6.02. The van der Waals surface area contributed by atoms with Gasteiger partial charge in [-0.15, -0.1) is 10.2 Å². The third kappa shape index (κ3) is 6.12. The first-order valence-electron chi connectivity index (χ1n) is 16.1. The SMILES string of the molecule is Nc1ccc2nnsc2c1.O=C(Nc1ccc2nnsc2c1)NC12CC3CC(CC(C3)O1)C2.O=C=NC12CC3CC(CC(C3)O1)C2. The number of nitrogens with two attached hydrogens (primary N) is 1. The van der Waals surface area contributed by atoms with Crippen LogP contribution in [0.4, 0.5) is 16.2 Å². The van der Waals surface area contributed by atoms with Crippen LogP contribution in [-0.4, -0.2) is 54.9 Å². The molecule has 4 saturated heterocycles. The molecule has 2 amide bonds. The lowest BCUT2D eigenvalue weighted by molar-refractivity contribution is -0.227. The predicted molar refractivity (Wildman–Crippen MR) is 175 cm³/mol. The molecule has 0 radical (unpaired) electrons. The Morgan fingerprint density at radius 2 is 1.41 bits per heavy atom. The number of aromatic nitrogens is 4. The van der Waals surface area contributed by atoms with E-state index in [2.05, 4.69) is 34.8 Å². The van der Waals surface area contributed by atoms with Crippen molar-refractivity contribution in [3.05, 3.63) is 36.4 Å². The molecule has 14 heteroatoms. The van der Waals surface area contributed by atoms with Crippen molar-refractivity contribution in [2.45, 2.75) is 87.9 Å². The fraction of sp³-hybridized carbons (Fsp3) is 0.562. The largest absolute Gasteiger partial charge is 0.399 e. The minimum absolute atomic E-state index is 0.191. The summed E-state index contributed by atoms with van der Waals surface area (Å²) in [6, 6.07) is 11.0. The smallest absolute Gasteiger partial charge is 0.321 e. The van der Waals surface area contributed by atoms with E-state index in [0.717, 1.165) is 82.2 Å². The molecule has 12 rings (SSSR count). The van der Waals surface area contributed by atoms with E-state index in [1.54, 1.807) is 6.08 Å². The van der Waals surface area contributed by atoms with Crippen LogP contribution < -0.4 is 16.4 Å². The monoisotopic (exact) mass is 660 g/mol. The summed E-state index contributed by atoms with van der Waals surface area (Å²) in [6.07, 6.45) is 13.5. The number of carbonyl (C=O) groups excluding carboxylic acids is 2. The van der Waals surface area contributed by atoms with Crippen molar-refractivity contribution in [1.29, 1.82) is 0 Å². The molecule has 4 atom stereocenters. The van der Waals surface area contributed by atoms with Gasteiger partial charge in [-0.3, -0.25) is 0 Å². The number of amides is 2. The number of carbonyl (C=O) groups is 1. The van der Waals surface area contributed by atoms with E-state index in [4.69, 9.17) is 15.2 Å². The highest BCUT2D eigenvalue weighted by Gasteiger charge is 2.53. The molecular formula is C32H36N8O4S2. The lowest BCUT2D eigenvalue weighted by Gasteiger charge is -2.56. The maximum atomic E-state index is 12.4. The minimum atomic E-state index is -0.449. The second kappa shape index (κ2) is 11.9. The zero-order chi connectivity index (χ0) is 31.3. The molecule has 4 saturated carbocycles. The van der Waals surface area contributed by atoms with Crippen molar-refractivity contribution < 1.29 is 19.1 Å². The van der Waals surface area contributed by atoms with Gasteiger partial charge in [0.1, 0.15) is 16.8 Å². The average molecular weight is 661 g/mol. The molecule has 8 bridgehead atoms. The first-order valence-corrected chi connectivity index (χ1v) is 17.6. The Kier molecular flexibility index (Phi) is 7.72. The van der Waals surface area contributed by atoms with Crippen LogP contribution in [0.1, 0.15) is 64.2 Å². The summed E-state index contributed by atoms with van der Waals surface area (Å²) in [4.78, 5) is 26.6. The molecular weight excluding hydrogens is 625 g/mol. The number of fused-ring (bicyclic) bond motifs is 2. The summed E-state index contributed by atoms with van der Waals surface area (Å²) in [7, 11) is 0. The van der Waals surface area contributed by atoms with Crippen molar-refractivity contribution in [1.82, 2.24) is 24.5 Å². The van der Waals surface area contributed by atoms with Gasteiger partial charge in [-0.05, 0) is 135 Å². The van der Waals surface area contributed by atoms with Crippen LogP contribution in [-0.2, 0) is 14.3 Å². The summed E-state index contributed by atoms with van der Waals surface area (Å²) < 4.78 is 21.7. The maximum absolute atomic E-state index is 12.4. The molecule has 6 heterocycles. The van der Waals surface area contributed by atoms with Crippen molar-refractivity contribution in [2.24, 2.45) is 28.7 Å². The molecule has 46 heavy (non-hydrogen) atoms. The van der Waals surface area contributed by atoms with Crippen LogP contribution in [0.25, 0.3) is 20.4 Å². The molecule has 8 fully saturated rings. The van der Waals surface area contributed by atoms with Gasteiger partial charge in [0.05, 0.1) is 21.6 Å². The molecule has 8 aliphatic rings. The van der Waals surface area contributed by atoms with Gasteiger partial charge >= 0.3 is 6.03 Å². The van der Waals surface area contributed by atoms with E-state index in [1.165, 1.54) is 48.7 Å². The molecule has 4 aromatic rings. The van der Waals surface area contributed by atoms with Crippen LogP contribution in [0.5, 0.6) is 0 Å². The second-order valence-electron chi connectivity index (χ2n) is 13.9. The molecule has 2 aromatic heterocycles. The number of urea groups is 1. The van der Waals surface area contributed by atoms with Crippen LogP contribution in [0, 0.1) is 23.7 Å². The van der Waals surface area contributed by atoms with Crippen LogP contribution in [0.2, 0.25) is 0 Å². The summed E-state index contributed by atoms with van der Waals surface area (Å²) in [5.41, 5.74) is 7.92. The molecule has 12 nitrogen and oxygen atoms in total. The number of nitrogen functional groups attached to an aromatic ring is 1. The summed E-state index contributed by atoms with van der Waals surface area (Å²) in [5.74, 6) is 2.93. The zero-order valence-corrected chi connectivity index (χ0v) is 26.9. The van der Waals surface area contributed by atoms with E-state index >= 15 is 0 Å². The minimum Gasteiger partial charge on any atom is -0.399 e. The molecule has 4 N–H and O–H groups in total. The Labute approximate surface area is 273 Å². The zero-order valence-electron chi connectivity index (χ0n) is 25.3. The highest BCUT2D eigenvalue weighted by Crippen LogP contribution is 2.54. The number of nitrogens with one attached hydrogen (secondary N) is 2. The van der Waals surface area contributed by atoms with E-state index in [0.29, 0.717) is 24.0 Å². The first kappa shape index (κ1) is 29.8. The maximum Gasteiger partial charge on any atom is 0.321 e. The van der Waals surface area contributed by atoms with Gasteiger partial charge in [0.2, 0.25) is 6.08 Å². The van der Waals surface area contributed by atoms with E-state index < -0.39 is 11.4 Å². The summed E-state index contributed by atoms with van der Waals surface area (Å²) in [6.45, 7) is 0. The Balaban J connectivity index is 0.000000114. The van der Waals surface area contributed by atoms with Crippen molar-refractivity contribution in [3.63, 3.8) is 0 Å². The fourth-order valence-electron chi connectivity index (χ4n) is 9.04. The average Bonchev–Trinajstić information content (AvgIpc) is 3.65. The number of isocyanates is 1. The van der Waals surface area contributed by atoms with Crippen molar-refractivity contribution >= 4 is 67.0 Å². The van der Waals surface area contributed by atoms with Gasteiger partial charge in [-0.1, -0.05) is 8.98 Å². The van der Waals surface area contributed by atoms with Gasteiger partial charge in [0.15, 0.2) is 5.72 Å². The van der Waals surface area contributed by atoms with E-state index in [1.807, 2.05) is 36.4 Å². The molecule has 4 unspecified atom stereocenters. The number of rotatable bonds is 3. The van der Waals surface area contributed by atoms with E-state index in [-0.39, 0.29) is 6.03 Å². The lowest BCUT2D eigenvalue weighted by Crippen LogP contribution is -2.63. The quantitative estimate of drug-likeness (QED) is 0.135. The van der Waals surface area contributed by atoms with Gasteiger partial charge in [0, 0.05) is 24.2 Å². The fourth-order valence-corrected chi connectivity index (χ4v) is 10.2. The molecule has 4 aliphatic heterocycles. The van der Waals surface area contributed by atoms with Crippen molar-refractivity contribution in [3.8, 4) is 0 Å². The number of aliphatic imine (C=N–C) groups is 1. The van der Waals surface area contributed by atoms with Gasteiger partial charge in [0.25, 0.3) is 0 Å². The summed E-state index contributed by atoms with van der Waals surface area (Å²) in [5, 5.41) is 13.9. The Morgan fingerprint density at radius 3 is 2.02 bits per heavy atom. The standard InChI is InChI=1S/C16H18N4O2S.C10H13NO2.C6H5N3S/c21-15(17-11-1-2-13-14(6-11)23-20-19-13)18-16-7-9-3-10(8-16)5-12(4-9)22-16;12-6-11-10-4-7-1-8(5-10)3-9(2-7)13-10;7-4-1-2-5-6(3-4)10-9-8-5/h1-2,6,9-10,12H,3-5,7-8H2,(H2,17,18,21);7-9H,1-5H2;1-3H,7H2. The number of benzene rings is 2. The first-order chi connectivity index (χ1) is 22.3. The van der Waals surface area contributed by atoms with Crippen molar-refractivity contribution in [2.75, 3.05) is 11.1 Å². The number of nitrogens with zero attached hydrogens (tertiary/aromatic N) is 5. The molecule has 4 aliphatic carbocycles. The van der Waals surface area contributed by atoms with E-state index in [9.17, 15) is 9.59 Å². The highest BCUT2D eigenvalue weighted by molar-refractivity contribution is 7.13. The number of ether oxygens (including phenoxy) is 2. The normalized spacial score (nSPS) is 34.3. The topological polar surface area (TPSA) is 167 Å². The van der Waals surface area contributed by atoms with Gasteiger partial charge in [-0.2, -0.15) is 4.99 Å². The van der Waals surface area contributed by atoms with Crippen LogP contribution in [0.3, 0.4) is 0 Å². The Bertz CT molecular complexity index is 1730. The number of anilines is 2. The van der Waals surface area contributed by atoms with Crippen LogP contribution in [0.15, 0.2) is 41.4 Å². The second-order valence-corrected chi connectivity index (χ2v) is 15.4. The third-order valence-corrected chi connectivity index (χ3v) is 11.7. The Morgan fingerprint density at radius 1 is 0.826 bits per heavy atom. The molecule has 0 spiro atoms. The van der Waals surface area contributed by atoms with Gasteiger partial charge in [-0.25, -0.2) is 9.59 Å². The number of hydrogen-bond acceptors (Lipinski definition) is 12. The lowest BCUT2D eigenvalue weighted by atomic mass is 9.65. The summed E-state index contributed by atoms with van der Waals surface area (Å²) >= 11 is 2.69. The van der Waals surface area contributed by atoms with Crippen LogP contribution >= 0.6 is 23.1 Å². The molecule has 2 aromatic carbocycles. The highest BCUT2D eigenvalue weighted by atomic mass is 32.1.